The van der Waals surface area contributed by atoms with Gasteiger partial charge < -0.3 is 10.1 Å². The molecule has 2 aromatic heterocycles. The van der Waals surface area contributed by atoms with Gasteiger partial charge in [-0.3, -0.25) is 14.2 Å². The van der Waals surface area contributed by atoms with Gasteiger partial charge in [-0.05, 0) is 48.6 Å². The van der Waals surface area contributed by atoms with Crippen molar-refractivity contribution in [3.63, 3.8) is 0 Å². The minimum atomic E-state index is -0.316. The molecule has 1 aliphatic rings. The normalized spacial score (nSPS) is 16.9. The average molecular weight is 471 g/mol. The number of nitrogens with zero attached hydrogens (tertiary/aromatic N) is 3. The summed E-state index contributed by atoms with van der Waals surface area (Å²) in [6.45, 7) is 5.08. The molecule has 2 unspecified atom stereocenters. The number of nitrogens with one attached hydrogen (secondary N) is 1. The second-order valence-electron chi connectivity index (χ2n) is 8.45. The molecule has 174 valence electrons. The van der Waals surface area contributed by atoms with E-state index in [-0.39, 0.29) is 41.1 Å². The number of halogens is 1. The summed E-state index contributed by atoms with van der Waals surface area (Å²) in [6.07, 6.45) is 3.40. The number of carbonyl (C=O) groups excluding carboxylic acids is 1. The van der Waals surface area contributed by atoms with Crippen molar-refractivity contribution >= 4 is 28.7 Å². The SMILES string of the molecule is CC(C)C(NC(=O)CSc1nc2ncccc2c(=O)n1CC1CCCO1)c1ccc(F)cc1. The van der Waals surface area contributed by atoms with Crippen LogP contribution in [0.2, 0.25) is 0 Å². The number of carbonyl (C=O) groups is 1. The Morgan fingerprint density at radius 3 is 2.79 bits per heavy atom. The minimum absolute atomic E-state index is 0.0457. The van der Waals surface area contributed by atoms with Crippen LogP contribution in [-0.4, -0.2) is 38.9 Å². The van der Waals surface area contributed by atoms with E-state index < -0.39 is 0 Å². The van der Waals surface area contributed by atoms with Crippen LogP contribution in [0.3, 0.4) is 0 Å². The third kappa shape index (κ3) is 5.59. The number of aromatic nitrogens is 3. The van der Waals surface area contributed by atoms with Crippen LogP contribution >= 0.6 is 11.8 Å². The van der Waals surface area contributed by atoms with E-state index in [1.165, 1.54) is 23.9 Å². The molecule has 0 bridgehead atoms. The maximum absolute atomic E-state index is 13.3. The molecule has 3 aromatic rings. The average Bonchev–Trinajstić information content (AvgIpc) is 3.32. The summed E-state index contributed by atoms with van der Waals surface area (Å²) in [4.78, 5) is 34.7. The van der Waals surface area contributed by atoms with E-state index in [1.807, 2.05) is 13.8 Å². The minimum Gasteiger partial charge on any atom is -0.376 e. The van der Waals surface area contributed by atoms with Crippen LogP contribution in [0, 0.1) is 11.7 Å². The topological polar surface area (TPSA) is 86.1 Å². The molecule has 0 spiro atoms. The number of thioether (sulfide) groups is 1. The molecule has 3 heterocycles. The number of ether oxygens (including phenoxy) is 1. The van der Waals surface area contributed by atoms with Crippen LogP contribution in [0.5, 0.6) is 0 Å². The number of hydrogen-bond donors (Lipinski definition) is 1. The Balaban J connectivity index is 1.53. The quantitative estimate of drug-likeness (QED) is 0.399. The molecule has 0 radical (unpaired) electrons. The lowest BCUT2D eigenvalue weighted by molar-refractivity contribution is -0.119. The Morgan fingerprint density at radius 1 is 1.30 bits per heavy atom. The fraction of sp³-hybridized carbons (Fsp3) is 0.417. The zero-order chi connectivity index (χ0) is 23.4. The third-order valence-corrected chi connectivity index (χ3v) is 6.63. The molecule has 1 aliphatic heterocycles. The first-order valence-corrected chi connectivity index (χ1v) is 12.1. The first-order valence-electron chi connectivity index (χ1n) is 11.1. The number of amides is 1. The first kappa shape index (κ1) is 23.4. The van der Waals surface area contributed by atoms with Gasteiger partial charge in [-0.1, -0.05) is 37.7 Å². The molecule has 0 aliphatic carbocycles. The second kappa shape index (κ2) is 10.4. The summed E-state index contributed by atoms with van der Waals surface area (Å²) in [5.74, 6) is -0.309. The van der Waals surface area contributed by atoms with E-state index in [1.54, 1.807) is 35.0 Å². The molecule has 4 rings (SSSR count). The molecule has 1 aromatic carbocycles. The fourth-order valence-electron chi connectivity index (χ4n) is 3.95. The smallest absolute Gasteiger partial charge is 0.263 e. The molecule has 1 fully saturated rings. The van der Waals surface area contributed by atoms with Crippen molar-refractivity contribution in [3.8, 4) is 0 Å². The van der Waals surface area contributed by atoms with E-state index in [2.05, 4.69) is 15.3 Å². The molecule has 1 N–H and O–H groups in total. The molecular weight excluding hydrogens is 443 g/mol. The molecule has 1 saturated heterocycles. The maximum atomic E-state index is 13.3. The van der Waals surface area contributed by atoms with Crippen molar-refractivity contribution in [3.05, 3.63) is 64.3 Å². The molecular formula is C24H27FN4O3S. The number of fused-ring (bicyclic) bond motifs is 1. The van der Waals surface area contributed by atoms with Crippen molar-refractivity contribution in [2.45, 2.75) is 50.5 Å². The Morgan fingerprint density at radius 2 is 2.09 bits per heavy atom. The van der Waals surface area contributed by atoms with E-state index in [0.717, 1.165) is 18.4 Å². The van der Waals surface area contributed by atoms with Gasteiger partial charge in [-0.15, -0.1) is 0 Å². The van der Waals surface area contributed by atoms with Crippen molar-refractivity contribution in [2.75, 3.05) is 12.4 Å². The van der Waals surface area contributed by atoms with Crippen molar-refractivity contribution in [1.82, 2.24) is 19.9 Å². The van der Waals surface area contributed by atoms with Crippen LogP contribution < -0.4 is 10.9 Å². The number of pyridine rings is 1. The van der Waals surface area contributed by atoms with Crippen LogP contribution in [0.15, 0.2) is 52.5 Å². The van der Waals surface area contributed by atoms with Gasteiger partial charge in [-0.2, -0.15) is 0 Å². The van der Waals surface area contributed by atoms with Gasteiger partial charge in [0.1, 0.15) is 5.82 Å². The van der Waals surface area contributed by atoms with Gasteiger partial charge in [0.2, 0.25) is 5.91 Å². The Labute approximate surface area is 195 Å². The molecule has 33 heavy (non-hydrogen) atoms. The van der Waals surface area contributed by atoms with Gasteiger partial charge in [0.05, 0.1) is 29.8 Å². The molecule has 9 heteroatoms. The Bertz CT molecular complexity index is 1180. The van der Waals surface area contributed by atoms with Crippen molar-refractivity contribution < 1.29 is 13.9 Å². The van der Waals surface area contributed by atoms with E-state index >= 15 is 0 Å². The highest BCUT2D eigenvalue weighted by Crippen LogP contribution is 2.24. The van der Waals surface area contributed by atoms with Crippen molar-refractivity contribution in [2.24, 2.45) is 5.92 Å². The zero-order valence-electron chi connectivity index (χ0n) is 18.7. The maximum Gasteiger partial charge on any atom is 0.263 e. The van der Waals surface area contributed by atoms with Gasteiger partial charge in [0.25, 0.3) is 5.56 Å². The second-order valence-corrected chi connectivity index (χ2v) is 9.39. The standard InChI is InChI=1S/C24H27FN4O3S/c1-15(2)21(16-7-9-17(25)10-8-16)27-20(30)14-33-24-28-22-19(6-3-11-26-22)23(31)29(24)13-18-5-4-12-32-18/h3,6-11,15,18,21H,4-5,12-14H2,1-2H3,(H,27,30). The summed E-state index contributed by atoms with van der Waals surface area (Å²) < 4.78 is 20.6. The monoisotopic (exact) mass is 470 g/mol. The zero-order valence-corrected chi connectivity index (χ0v) is 19.5. The Kier molecular flexibility index (Phi) is 7.39. The van der Waals surface area contributed by atoms with Crippen molar-refractivity contribution in [1.29, 1.82) is 0 Å². The van der Waals surface area contributed by atoms with E-state index in [4.69, 9.17) is 4.74 Å². The molecule has 7 nitrogen and oxygen atoms in total. The number of benzene rings is 1. The fourth-order valence-corrected chi connectivity index (χ4v) is 4.76. The molecule has 0 saturated carbocycles. The third-order valence-electron chi connectivity index (χ3n) is 5.65. The highest BCUT2D eigenvalue weighted by Gasteiger charge is 2.22. The van der Waals surface area contributed by atoms with Gasteiger partial charge in [0, 0.05) is 12.8 Å². The summed E-state index contributed by atoms with van der Waals surface area (Å²) >= 11 is 1.20. The highest BCUT2D eigenvalue weighted by molar-refractivity contribution is 7.99. The number of hydrogen-bond acceptors (Lipinski definition) is 6. The lowest BCUT2D eigenvalue weighted by Gasteiger charge is -2.23. The number of rotatable bonds is 8. The highest BCUT2D eigenvalue weighted by atomic mass is 32.2. The summed E-state index contributed by atoms with van der Waals surface area (Å²) in [6, 6.07) is 9.32. The Hall–Kier alpha value is -2.78. The van der Waals surface area contributed by atoms with Crippen LogP contribution in [0.1, 0.15) is 38.3 Å². The summed E-state index contributed by atoms with van der Waals surface area (Å²) in [5.41, 5.74) is 1.02. The predicted molar refractivity (Wildman–Crippen MR) is 126 cm³/mol. The van der Waals surface area contributed by atoms with E-state index in [0.29, 0.717) is 29.3 Å². The van der Waals surface area contributed by atoms with Crippen LogP contribution in [-0.2, 0) is 16.1 Å². The van der Waals surface area contributed by atoms with E-state index in [9.17, 15) is 14.0 Å². The van der Waals surface area contributed by atoms with Crippen LogP contribution in [0.25, 0.3) is 11.0 Å². The van der Waals surface area contributed by atoms with Crippen LogP contribution in [0.4, 0.5) is 4.39 Å². The molecule has 2 atom stereocenters. The lowest BCUT2D eigenvalue weighted by atomic mass is 9.96. The first-order chi connectivity index (χ1) is 15.9. The predicted octanol–water partition coefficient (Wildman–Crippen LogP) is 3.72. The lowest BCUT2D eigenvalue weighted by Crippen LogP contribution is -2.33. The summed E-state index contributed by atoms with van der Waals surface area (Å²) in [5, 5.41) is 3.92. The van der Waals surface area contributed by atoms with Gasteiger partial charge in [0.15, 0.2) is 10.8 Å². The molecule has 1 amide bonds. The van der Waals surface area contributed by atoms with Gasteiger partial charge in [-0.25, -0.2) is 14.4 Å². The van der Waals surface area contributed by atoms with Gasteiger partial charge >= 0.3 is 0 Å². The summed E-state index contributed by atoms with van der Waals surface area (Å²) in [7, 11) is 0. The largest absolute Gasteiger partial charge is 0.376 e.